The maximum absolute atomic E-state index is 13.6. The van der Waals surface area contributed by atoms with Crippen LogP contribution in [0.25, 0.3) is 0 Å². The van der Waals surface area contributed by atoms with Crippen LogP contribution in [0, 0.1) is 26.6 Å². The van der Waals surface area contributed by atoms with E-state index >= 15 is 0 Å². The van der Waals surface area contributed by atoms with Crippen molar-refractivity contribution in [2.24, 2.45) is 0 Å². The molecular formula is C16H16BrFN2O. The number of amides is 1. The van der Waals surface area contributed by atoms with Gasteiger partial charge in [-0.05, 0) is 71.6 Å². The molecule has 0 unspecified atom stereocenters. The molecule has 1 amide bonds. The van der Waals surface area contributed by atoms with E-state index in [0.717, 1.165) is 16.7 Å². The van der Waals surface area contributed by atoms with Gasteiger partial charge in [-0.15, -0.1) is 0 Å². The Bertz CT molecular complexity index is 729. The fraction of sp³-hybridized carbons (Fsp3) is 0.188. The van der Waals surface area contributed by atoms with Crippen LogP contribution < -0.4 is 11.1 Å². The summed E-state index contributed by atoms with van der Waals surface area (Å²) in [7, 11) is 0. The van der Waals surface area contributed by atoms with Gasteiger partial charge in [0.25, 0.3) is 5.91 Å². The minimum absolute atomic E-state index is 0.302. The van der Waals surface area contributed by atoms with Crippen molar-refractivity contribution in [1.82, 2.24) is 0 Å². The Morgan fingerprint density at radius 3 is 2.43 bits per heavy atom. The molecule has 0 aliphatic carbocycles. The van der Waals surface area contributed by atoms with E-state index in [2.05, 4.69) is 21.2 Å². The van der Waals surface area contributed by atoms with Crippen molar-refractivity contribution >= 4 is 33.2 Å². The van der Waals surface area contributed by atoms with Crippen LogP contribution in [0.3, 0.4) is 0 Å². The molecule has 0 fully saturated rings. The summed E-state index contributed by atoms with van der Waals surface area (Å²) in [4.78, 5) is 12.3. The number of benzene rings is 2. The highest BCUT2D eigenvalue weighted by atomic mass is 79.9. The lowest BCUT2D eigenvalue weighted by molar-refractivity contribution is 0.102. The summed E-state index contributed by atoms with van der Waals surface area (Å²) in [6.45, 7) is 5.53. The minimum Gasteiger partial charge on any atom is -0.398 e. The van der Waals surface area contributed by atoms with E-state index in [9.17, 15) is 9.18 Å². The van der Waals surface area contributed by atoms with E-state index < -0.39 is 5.82 Å². The molecule has 3 N–H and O–H groups in total. The Morgan fingerprint density at radius 2 is 1.76 bits per heavy atom. The Labute approximate surface area is 131 Å². The Kier molecular flexibility index (Phi) is 4.32. The monoisotopic (exact) mass is 350 g/mol. The van der Waals surface area contributed by atoms with Crippen molar-refractivity contribution in [3.05, 3.63) is 56.8 Å². The lowest BCUT2D eigenvalue weighted by Crippen LogP contribution is -2.15. The summed E-state index contributed by atoms with van der Waals surface area (Å²) in [5.41, 5.74) is 9.87. The number of anilines is 2. The number of hydrogen-bond acceptors (Lipinski definition) is 2. The fourth-order valence-electron chi connectivity index (χ4n) is 2.08. The first kappa shape index (κ1) is 15.5. The van der Waals surface area contributed by atoms with E-state index in [1.165, 1.54) is 6.07 Å². The van der Waals surface area contributed by atoms with Crippen molar-refractivity contribution in [3.8, 4) is 0 Å². The van der Waals surface area contributed by atoms with E-state index in [-0.39, 0.29) is 5.91 Å². The van der Waals surface area contributed by atoms with Gasteiger partial charge in [0.2, 0.25) is 0 Å². The lowest BCUT2D eigenvalue weighted by Gasteiger charge is -2.12. The van der Waals surface area contributed by atoms with Gasteiger partial charge in [-0.25, -0.2) is 4.39 Å². The number of nitrogens with one attached hydrogen (secondary N) is 1. The summed E-state index contributed by atoms with van der Waals surface area (Å²) in [6, 6.07) is 6.43. The van der Waals surface area contributed by atoms with Crippen LogP contribution in [0.15, 0.2) is 28.7 Å². The Morgan fingerprint density at radius 1 is 1.10 bits per heavy atom. The molecule has 2 aromatic rings. The Hall–Kier alpha value is -1.88. The van der Waals surface area contributed by atoms with Gasteiger partial charge in [-0.2, -0.15) is 0 Å². The first-order valence-electron chi connectivity index (χ1n) is 6.43. The van der Waals surface area contributed by atoms with Crippen LogP contribution in [0.4, 0.5) is 15.8 Å². The van der Waals surface area contributed by atoms with E-state index in [1.807, 2.05) is 19.9 Å². The number of rotatable bonds is 2. The molecule has 0 saturated heterocycles. The van der Waals surface area contributed by atoms with Gasteiger partial charge < -0.3 is 11.1 Å². The molecule has 0 bridgehead atoms. The number of carbonyl (C=O) groups is 1. The van der Waals surface area contributed by atoms with Crippen molar-refractivity contribution in [2.75, 3.05) is 11.1 Å². The third kappa shape index (κ3) is 3.24. The topological polar surface area (TPSA) is 55.1 Å². The molecule has 110 valence electrons. The first-order valence-corrected chi connectivity index (χ1v) is 7.22. The fourth-order valence-corrected chi connectivity index (χ4v) is 2.54. The zero-order chi connectivity index (χ0) is 15.7. The second-order valence-electron chi connectivity index (χ2n) is 5.06. The molecule has 2 aromatic carbocycles. The summed E-state index contributed by atoms with van der Waals surface area (Å²) < 4.78 is 14.0. The second-order valence-corrected chi connectivity index (χ2v) is 5.91. The molecule has 0 heterocycles. The summed E-state index contributed by atoms with van der Waals surface area (Å²) in [5.74, 6) is -0.722. The maximum atomic E-state index is 13.6. The van der Waals surface area contributed by atoms with Gasteiger partial charge in [-0.3, -0.25) is 4.79 Å². The van der Waals surface area contributed by atoms with Crippen molar-refractivity contribution in [2.45, 2.75) is 20.8 Å². The molecular weight excluding hydrogens is 335 g/mol. The van der Waals surface area contributed by atoms with Gasteiger partial charge in [0.15, 0.2) is 0 Å². The summed E-state index contributed by atoms with van der Waals surface area (Å²) in [6.07, 6.45) is 0. The van der Waals surface area contributed by atoms with E-state index in [0.29, 0.717) is 21.4 Å². The largest absolute Gasteiger partial charge is 0.398 e. The molecule has 5 heteroatoms. The highest BCUT2D eigenvalue weighted by molar-refractivity contribution is 9.10. The zero-order valence-electron chi connectivity index (χ0n) is 12.1. The normalized spacial score (nSPS) is 10.5. The average Bonchev–Trinajstić information content (AvgIpc) is 2.40. The predicted octanol–water partition coefficient (Wildman–Crippen LogP) is 4.35. The Balaban J connectivity index is 2.35. The van der Waals surface area contributed by atoms with E-state index in [4.69, 9.17) is 5.73 Å². The molecule has 0 spiro atoms. The van der Waals surface area contributed by atoms with Crippen LogP contribution in [-0.4, -0.2) is 5.91 Å². The van der Waals surface area contributed by atoms with Crippen molar-refractivity contribution < 1.29 is 9.18 Å². The third-order valence-electron chi connectivity index (χ3n) is 3.37. The van der Waals surface area contributed by atoms with Gasteiger partial charge in [0.05, 0.1) is 4.47 Å². The number of nitrogens with two attached hydrogens (primary N) is 1. The number of halogens is 2. The molecule has 0 atom stereocenters. The molecule has 0 saturated carbocycles. The van der Waals surface area contributed by atoms with Crippen LogP contribution in [-0.2, 0) is 0 Å². The zero-order valence-corrected chi connectivity index (χ0v) is 13.6. The predicted molar refractivity (Wildman–Crippen MR) is 87.1 cm³/mol. The third-order valence-corrected chi connectivity index (χ3v) is 3.98. The van der Waals surface area contributed by atoms with Gasteiger partial charge in [0.1, 0.15) is 5.82 Å². The van der Waals surface area contributed by atoms with Crippen LogP contribution in [0.5, 0.6) is 0 Å². The minimum atomic E-state index is -0.420. The highest BCUT2D eigenvalue weighted by Gasteiger charge is 2.13. The summed E-state index contributed by atoms with van der Waals surface area (Å²) >= 11 is 3.12. The quantitative estimate of drug-likeness (QED) is 0.791. The molecule has 0 aliphatic rings. The van der Waals surface area contributed by atoms with Gasteiger partial charge >= 0.3 is 0 Å². The maximum Gasteiger partial charge on any atom is 0.256 e. The number of aryl methyl sites for hydroxylation is 3. The smallest absolute Gasteiger partial charge is 0.256 e. The molecule has 0 radical (unpaired) electrons. The molecule has 0 aliphatic heterocycles. The lowest BCUT2D eigenvalue weighted by atomic mass is 10.0. The van der Waals surface area contributed by atoms with Crippen molar-refractivity contribution in [1.29, 1.82) is 0 Å². The molecule has 3 nitrogen and oxygen atoms in total. The van der Waals surface area contributed by atoms with Crippen molar-refractivity contribution in [3.63, 3.8) is 0 Å². The van der Waals surface area contributed by atoms with Crippen LogP contribution >= 0.6 is 15.9 Å². The van der Waals surface area contributed by atoms with E-state index in [1.54, 1.807) is 19.1 Å². The SMILES string of the molecule is Cc1cc(C)c(C(=O)Nc2cc(F)c(Br)cc2C)cc1N. The molecule has 0 aromatic heterocycles. The standard InChI is InChI=1S/C16H16BrFN2O/c1-8-4-9(2)14(19)6-11(8)16(21)20-15-7-13(18)12(17)5-10(15)3/h4-7H,19H2,1-3H3,(H,20,21). The van der Waals surface area contributed by atoms with Crippen LogP contribution in [0.1, 0.15) is 27.0 Å². The number of nitrogen functional groups attached to an aromatic ring is 1. The highest BCUT2D eigenvalue weighted by Crippen LogP contribution is 2.25. The molecule has 21 heavy (non-hydrogen) atoms. The first-order chi connectivity index (χ1) is 9.79. The van der Waals surface area contributed by atoms with Gasteiger partial charge in [-0.1, -0.05) is 6.07 Å². The van der Waals surface area contributed by atoms with Crippen LogP contribution in [0.2, 0.25) is 0 Å². The summed E-state index contributed by atoms with van der Waals surface area (Å²) in [5, 5.41) is 2.73. The second kappa shape index (κ2) is 5.85. The van der Waals surface area contributed by atoms with Gasteiger partial charge in [0, 0.05) is 16.9 Å². The molecule has 2 rings (SSSR count). The number of hydrogen-bond donors (Lipinski definition) is 2. The number of carbonyl (C=O) groups excluding carboxylic acids is 1. The average molecular weight is 351 g/mol.